The molecule has 0 bridgehead atoms. The Morgan fingerprint density at radius 1 is 1.42 bits per heavy atom. The summed E-state index contributed by atoms with van der Waals surface area (Å²) < 4.78 is 26.9. The summed E-state index contributed by atoms with van der Waals surface area (Å²) in [5.41, 5.74) is 1.98. The van der Waals surface area contributed by atoms with Gasteiger partial charge in [0, 0.05) is 13.1 Å². The summed E-state index contributed by atoms with van der Waals surface area (Å²) >= 11 is 0. The molecular weight excluding hydrogens is 260 g/mol. The van der Waals surface area contributed by atoms with Crippen LogP contribution in [-0.2, 0) is 16.4 Å². The lowest BCUT2D eigenvalue weighted by Gasteiger charge is -2.35. The minimum absolute atomic E-state index is 0.353. The molecule has 0 aromatic heterocycles. The van der Waals surface area contributed by atoms with Crippen molar-refractivity contribution in [2.45, 2.75) is 25.5 Å². The van der Waals surface area contributed by atoms with E-state index < -0.39 is 15.3 Å². The highest BCUT2D eigenvalue weighted by Crippen LogP contribution is 2.32. The predicted octanol–water partition coefficient (Wildman–Crippen LogP) is 1.62. The van der Waals surface area contributed by atoms with Crippen LogP contribution >= 0.6 is 0 Å². The lowest BCUT2D eigenvalue weighted by atomic mass is 9.96. The number of sulfonamides is 1. The van der Waals surface area contributed by atoms with Gasteiger partial charge in [-0.15, -0.1) is 0 Å². The standard InChI is InChI=1S/C14H22N2O2S/c1-11-8-13-6-4-5-7-14(13)16(10-11)19(17,18)12(2)9-15-3/h4-7,11-12,15H,8-10H2,1-3H3. The average Bonchev–Trinajstić information content (AvgIpc) is 2.37. The summed E-state index contributed by atoms with van der Waals surface area (Å²) in [6.45, 7) is 4.90. The first-order valence-corrected chi connectivity index (χ1v) is 8.21. The van der Waals surface area contributed by atoms with Crippen molar-refractivity contribution >= 4 is 15.7 Å². The Labute approximate surface area is 115 Å². The first-order chi connectivity index (χ1) is 8.96. The van der Waals surface area contributed by atoms with Gasteiger partial charge in [0.1, 0.15) is 0 Å². The molecule has 5 heteroatoms. The SMILES string of the molecule is CNCC(C)S(=O)(=O)N1CC(C)Cc2ccccc21. The van der Waals surface area contributed by atoms with E-state index in [0.717, 1.165) is 17.7 Å². The Bertz CT molecular complexity index is 542. The maximum Gasteiger partial charge on any atom is 0.239 e. The number of nitrogens with zero attached hydrogens (tertiary/aromatic N) is 1. The van der Waals surface area contributed by atoms with Gasteiger partial charge in [-0.25, -0.2) is 8.42 Å². The molecule has 0 saturated carbocycles. The van der Waals surface area contributed by atoms with E-state index in [4.69, 9.17) is 0 Å². The van der Waals surface area contributed by atoms with Gasteiger partial charge in [-0.3, -0.25) is 4.31 Å². The van der Waals surface area contributed by atoms with Gasteiger partial charge in [0.25, 0.3) is 0 Å². The molecule has 2 unspecified atom stereocenters. The number of benzene rings is 1. The van der Waals surface area contributed by atoms with Crippen LogP contribution in [0, 0.1) is 5.92 Å². The van der Waals surface area contributed by atoms with Crippen LogP contribution in [0.5, 0.6) is 0 Å². The van der Waals surface area contributed by atoms with Crippen LogP contribution in [-0.4, -0.2) is 33.8 Å². The molecule has 106 valence electrons. The minimum Gasteiger partial charge on any atom is -0.318 e. The third-order valence-electron chi connectivity index (χ3n) is 3.61. The van der Waals surface area contributed by atoms with Crippen molar-refractivity contribution in [3.63, 3.8) is 0 Å². The Kier molecular flexibility index (Phi) is 4.16. The summed E-state index contributed by atoms with van der Waals surface area (Å²) in [7, 11) is -1.52. The fourth-order valence-corrected chi connectivity index (χ4v) is 4.33. The van der Waals surface area contributed by atoms with Gasteiger partial charge in [0.15, 0.2) is 0 Å². The van der Waals surface area contributed by atoms with Crippen molar-refractivity contribution in [3.8, 4) is 0 Å². The van der Waals surface area contributed by atoms with Crippen LogP contribution in [0.15, 0.2) is 24.3 Å². The monoisotopic (exact) mass is 282 g/mol. The van der Waals surface area contributed by atoms with Gasteiger partial charge in [0.2, 0.25) is 10.0 Å². The van der Waals surface area contributed by atoms with E-state index in [1.807, 2.05) is 24.3 Å². The predicted molar refractivity (Wildman–Crippen MR) is 79.0 cm³/mol. The third kappa shape index (κ3) is 2.77. The molecule has 0 radical (unpaired) electrons. The van der Waals surface area contributed by atoms with E-state index in [-0.39, 0.29) is 0 Å². The lowest BCUT2D eigenvalue weighted by molar-refractivity contribution is 0.536. The number of rotatable bonds is 4. The van der Waals surface area contributed by atoms with Crippen molar-refractivity contribution in [1.29, 1.82) is 0 Å². The van der Waals surface area contributed by atoms with Crippen LogP contribution in [0.25, 0.3) is 0 Å². The van der Waals surface area contributed by atoms with Crippen molar-refractivity contribution in [2.75, 3.05) is 24.4 Å². The van der Waals surface area contributed by atoms with E-state index in [9.17, 15) is 8.42 Å². The number of hydrogen-bond donors (Lipinski definition) is 1. The zero-order valence-corrected chi connectivity index (χ0v) is 12.6. The van der Waals surface area contributed by atoms with Crippen LogP contribution < -0.4 is 9.62 Å². The molecule has 0 fully saturated rings. The second kappa shape index (κ2) is 5.51. The molecule has 0 saturated heterocycles. The fourth-order valence-electron chi connectivity index (χ4n) is 2.60. The molecule has 19 heavy (non-hydrogen) atoms. The Morgan fingerprint density at radius 3 is 2.79 bits per heavy atom. The summed E-state index contributed by atoms with van der Waals surface area (Å²) in [6.07, 6.45) is 0.947. The Balaban J connectivity index is 2.40. The van der Waals surface area contributed by atoms with Crippen LogP contribution in [0.1, 0.15) is 19.4 Å². The van der Waals surface area contributed by atoms with Gasteiger partial charge in [-0.05, 0) is 37.9 Å². The number of para-hydroxylation sites is 1. The normalized spacial score (nSPS) is 21.0. The first kappa shape index (κ1) is 14.3. The quantitative estimate of drug-likeness (QED) is 0.913. The van der Waals surface area contributed by atoms with E-state index in [1.165, 1.54) is 0 Å². The fraction of sp³-hybridized carbons (Fsp3) is 0.571. The van der Waals surface area contributed by atoms with Crippen molar-refractivity contribution in [2.24, 2.45) is 5.92 Å². The third-order valence-corrected chi connectivity index (χ3v) is 5.76. The molecule has 1 aliphatic heterocycles. The van der Waals surface area contributed by atoms with Crippen molar-refractivity contribution in [1.82, 2.24) is 5.32 Å². The topological polar surface area (TPSA) is 49.4 Å². The molecule has 0 aliphatic carbocycles. The Hall–Kier alpha value is -1.07. The number of hydrogen-bond acceptors (Lipinski definition) is 3. The van der Waals surface area contributed by atoms with Crippen molar-refractivity contribution < 1.29 is 8.42 Å². The molecule has 4 nitrogen and oxygen atoms in total. The van der Waals surface area contributed by atoms with Crippen LogP contribution in [0.3, 0.4) is 0 Å². The van der Waals surface area contributed by atoms with E-state index in [1.54, 1.807) is 18.3 Å². The van der Waals surface area contributed by atoms with Gasteiger partial charge in [-0.2, -0.15) is 0 Å². The molecule has 1 aromatic carbocycles. The van der Waals surface area contributed by atoms with Gasteiger partial charge < -0.3 is 5.32 Å². The summed E-state index contributed by atoms with van der Waals surface area (Å²) in [4.78, 5) is 0. The Morgan fingerprint density at radius 2 is 2.11 bits per heavy atom. The summed E-state index contributed by atoms with van der Waals surface area (Å²) in [5.74, 6) is 0.353. The molecule has 2 atom stereocenters. The smallest absolute Gasteiger partial charge is 0.239 e. The highest BCUT2D eigenvalue weighted by atomic mass is 32.2. The van der Waals surface area contributed by atoms with E-state index in [2.05, 4.69) is 12.2 Å². The van der Waals surface area contributed by atoms with E-state index in [0.29, 0.717) is 19.0 Å². The molecule has 1 N–H and O–H groups in total. The largest absolute Gasteiger partial charge is 0.318 e. The molecule has 2 rings (SSSR count). The van der Waals surface area contributed by atoms with E-state index >= 15 is 0 Å². The second-order valence-corrected chi connectivity index (χ2v) is 7.66. The molecule has 0 amide bonds. The zero-order chi connectivity index (χ0) is 14.0. The number of fused-ring (bicyclic) bond motifs is 1. The maximum absolute atomic E-state index is 12.7. The lowest BCUT2D eigenvalue weighted by Crippen LogP contribution is -2.45. The first-order valence-electron chi connectivity index (χ1n) is 6.71. The molecule has 0 spiro atoms. The second-order valence-electron chi connectivity index (χ2n) is 5.38. The summed E-state index contributed by atoms with van der Waals surface area (Å²) in [6, 6.07) is 7.81. The molecule has 1 heterocycles. The molecular formula is C14H22N2O2S. The van der Waals surface area contributed by atoms with Crippen LogP contribution in [0.2, 0.25) is 0 Å². The molecule has 1 aliphatic rings. The zero-order valence-electron chi connectivity index (χ0n) is 11.8. The van der Waals surface area contributed by atoms with Crippen molar-refractivity contribution in [3.05, 3.63) is 29.8 Å². The van der Waals surface area contributed by atoms with Gasteiger partial charge in [-0.1, -0.05) is 25.1 Å². The highest BCUT2D eigenvalue weighted by molar-refractivity contribution is 7.93. The average molecular weight is 282 g/mol. The number of nitrogens with one attached hydrogen (secondary N) is 1. The van der Waals surface area contributed by atoms with Crippen LogP contribution in [0.4, 0.5) is 5.69 Å². The minimum atomic E-state index is -3.30. The highest BCUT2D eigenvalue weighted by Gasteiger charge is 2.33. The molecule has 1 aromatic rings. The number of anilines is 1. The summed E-state index contributed by atoms with van der Waals surface area (Å²) in [5, 5.41) is 2.52. The maximum atomic E-state index is 12.7. The van der Waals surface area contributed by atoms with Gasteiger partial charge >= 0.3 is 0 Å². The van der Waals surface area contributed by atoms with Gasteiger partial charge in [0.05, 0.1) is 10.9 Å².